The van der Waals surface area contributed by atoms with Gasteiger partial charge in [0.25, 0.3) is 0 Å². The second kappa shape index (κ2) is 14.4. The molecule has 1 atom stereocenters. The molecule has 0 fully saturated rings. The van der Waals surface area contributed by atoms with Crippen molar-refractivity contribution in [2.75, 3.05) is 0 Å². The Hall–Kier alpha value is -0.630. The maximum Gasteiger partial charge on any atom is 0.142 e. The average molecular weight is 254 g/mol. The number of hydrogen-bond donors (Lipinski definition) is 1. The molecule has 0 saturated carbocycles. The van der Waals surface area contributed by atoms with E-state index in [-0.39, 0.29) is 0 Å². The van der Waals surface area contributed by atoms with Crippen molar-refractivity contribution >= 4 is 6.29 Å². The molecule has 0 rings (SSSR count). The Balaban J connectivity index is 3.11. The summed E-state index contributed by atoms with van der Waals surface area (Å²) in [6, 6.07) is 0. The highest BCUT2D eigenvalue weighted by Gasteiger charge is 1.98. The SMILES string of the molecule is CCCCCCCCCCCCC(O)/C=C/C=O. The summed E-state index contributed by atoms with van der Waals surface area (Å²) in [6.45, 7) is 2.25. The molecule has 0 aromatic carbocycles. The minimum absolute atomic E-state index is 0.441. The van der Waals surface area contributed by atoms with Gasteiger partial charge in [0.2, 0.25) is 0 Å². The first-order chi connectivity index (χ1) is 8.81. The van der Waals surface area contributed by atoms with E-state index in [0.29, 0.717) is 6.29 Å². The zero-order valence-electron chi connectivity index (χ0n) is 11.9. The quantitative estimate of drug-likeness (QED) is 0.300. The number of carbonyl (C=O) groups excluding carboxylic acids is 1. The third-order valence-electron chi connectivity index (χ3n) is 3.27. The van der Waals surface area contributed by atoms with Crippen LogP contribution in [-0.2, 0) is 4.79 Å². The van der Waals surface area contributed by atoms with Crippen molar-refractivity contribution in [3.63, 3.8) is 0 Å². The van der Waals surface area contributed by atoms with E-state index >= 15 is 0 Å². The van der Waals surface area contributed by atoms with Gasteiger partial charge in [-0.25, -0.2) is 0 Å². The first-order valence-corrected chi connectivity index (χ1v) is 7.61. The maximum atomic E-state index is 10.1. The largest absolute Gasteiger partial charge is 0.389 e. The molecule has 0 bridgehead atoms. The first-order valence-electron chi connectivity index (χ1n) is 7.61. The normalized spacial score (nSPS) is 13.0. The number of unbranched alkanes of at least 4 members (excludes halogenated alkanes) is 9. The molecule has 0 aliphatic carbocycles. The van der Waals surface area contributed by atoms with E-state index < -0.39 is 6.10 Å². The van der Waals surface area contributed by atoms with Gasteiger partial charge < -0.3 is 5.11 Å². The zero-order chi connectivity index (χ0) is 13.5. The molecule has 0 amide bonds. The van der Waals surface area contributed by atoms with Gasteiger partial charge in [-0.2, -0.15) is 0 Å². The van der Waals surface area contributed by atoms with Crippen molar-refractivity contribution in [1.82, 2.24) is 0 Å². The van der Waals surface area contributed by atoms with Crippen molar-refractivity contribution < 1.29 is 9.90 Å². The van der Waals surface area contributed by atoms with Crippen LogP contribution >= 0.6 is 0 Å². The van der Waals surface area contributed by atoms with Gasteiger partial charge in [0.1, 0.15) is 6.29 Å². The number of allylic oxidation sites excluding steroid dienone is 1. The summed E-state index contributed by atoms with van der Waals surface area (Å²) in [4.78, 5) is 10.1. The molecule has 0 aliphatic rings. The van der Waals surface area contributed by atoms with Crippen LogP contribution in [0, 0.1) is 0 Å². The molecule has 0 saturated heterocycles. The molecule has 18 heavy (non-hydrogen) atoms. The highest BCUT2D eigenvalue weighted by molar-refractivity contribution is 5.64. The molecule has 2 heteroatoms. The van der Waals surface area contributed by atoms with Crippen LogP contribution in [-0.4, -0.2) is 17.5 Å². The van der Waals surface area contributed by atoms with Gasteiger partial charge >= 0.3 is 0 Å². The van der Waals surface area contributed by atoms with Crippen molar-refractivity contribution in [1.29, 1.82) is 0 Å². The Labute approximate surface area is 112 Å². The summed E-state index contributed by atoms with van der Waals surface area (Å²) in [5.41, 5.74) is 0. The Kier molecular flexibility index (Phi) is 13.9. The van der Waals surface area contributed by atoms with Gasteiger partial charge in [0.15, 0.2) is 0 Å². The fraction of sp³-hybridized carbons (Fsp3) is 0.812. The van der Waals surface area contributed by atoms with E-state index in [1.54, 1.807) is 6.08 Å². The van der Waals surface area contributed by atoms with E-state index in [1.165, 1.54) is 63.9 Å². The highest BCUT2D eigenvalue weighted by Crippen LogP contribution is 2.12. The second-order valence-electron chi connectivity index (χ2n) is 5.06. The lowest BCUT2D eigenvalue weighted by Gasteiger charge is -2.05. The molecule has 0 radical (unpaired) electrons. The standard InChI is InChI=1S/C16H30O2/c1-2-3-4-5-6-7-8-9-10-11-13-16(18)14-12-15-17/h12,14-16,18H,2-11,13H2,1H3/b14-12+. The van der Waals surface area contributed by atoms with Crippen molar-refractivity contribution in [3.05, 3.63) is 12.2 Å². The number of carbonyl (C=O) groups is 1. The fourth-order valence-corrected chi connectivity index (χ4v) is 2.11. The topological polar surface area (TPSA) is 37.3 Å². The molecule has 1 N–H and O–H groups in total. The third-order valence-corrected chi connectivity index (χ3v) is 3.27. The molecule has 2 nitrogen and oxygen atoms in total. The lowest BCUT2D eigenvalue weighted by atomic mass is 10.0. The fourth-order valence-electron chi connectivity index (χ4n) is 2.11. The maximum absolute atomic E-state index is 10.1. The van der Waals surface area contributed by atoms with Gasteiger partial charge in [0, 0.05) is 0 Å². The third kappa shape index (κ3) is 13.4. The minimum Gasteiger partial charge on any atom is -0.389 e. The summed E-state index contributed by atoms with van der Waals surface area (Å²) in [7, 11) is 0. The Morgan fingerprint density at radius 3 is 1.89 bits per heavy atom. The van der Waals surface area contributed by atoms with E-state index in [0.717, 1.165) is 12.8 Å². The molecule has 0 spiro atoms. The summed E-state index contributed by atoms with van der Waals surface area (Å²) < 4.78 is 0. The molecule has 0 aromatic rings. The first kappa shape index (κ1) is 17.4. The molecule has 1 unspecified atom stereocenters. The Morgan fingerprint density at radius 2 is 1.39 bits per heavy atom. The average Bonchev–Trinajstić information content (AvgIpc) is 2.38. The van der Waals surface area contributed by atoms with Crippen molar-refractivity contribution in [2.24, 2.45) is 0 Å². The Bertz CT molecular complexity index is 199. The van der Waals surface area contributed by atoms with Gasteiger partial charge in [-0.05, 0) is 12.5 Å². The summed E-state index contributed by atoms with van der Waals surface area (Å²) >= 11 is 0. The highest BCUT2D eigenvalue weighted by atomic mass is 16.3. The van der Waals surface area contributed by atoms with Crippen LogP contribution in [0.15, 0.2) is 12.2 Å². The number of aliphatic hydroxyl groups excluding tert-OH is 1. The number of rotatable bonds is 13. The summed E-state index contributed by atoms with van der Waals surface area (Å²) in [5, 5.41) is 9.46. The van der Waals surface area contributed by atoms with Crippen LogP contribution in [0.2, 0.25) is 0 Å². The van der Waals surface area contributed by atoms with E-state index in [4.69, 9.17) is 0 Å². The molecule has 106 valence electrons. The second-order valence-corrected chi connectivity index (χ2v) is 5.06. The van der Waals surface area contributed by atoms with E-state index in [1.807, 2.05) is 0 Å². The van der Waals surface area contributed by atoms with Gasteiger partial charge in [-0.15, -0.1) is 0 Å². The Morgan fingerprint density at radius 1 is 0.889 bits per heavy atom. The number of hydrogen-bond acceptors (Lipinski definition) is 2. The van der Waals surface area contributed by atoms with Crippen LogP contribution in [0.25, 0.3) is 0 Å². The minimum atomic E-state index is -0.441. The van der Waals surface area contributed by atoms with Crippen LogP contribution in [0.1, 0.15) is 77.6 Å². The molecule has 0 aromatic heterocycles. The van der Waals surface area contributed by atoms with Crippen LogP contribution in [0.4, 0.5) is 0 Å². The van der Waals surface area contributed by atoms with Crippen molar-refractivity contribution in [2.45, 2.75) is 83.7 Å². The summed E-state index contributed by atoms with van der Waals surface area (Å²) in [6.07, 6.45) is 17.1. The predicted molar refractivity (Wildman–Crippen MR) is 77.7 cm³/mol. The van der Waals surface area contributed by atoms with E-state index in [2.05, 4.69) is 6.92 Å². The molecule has 0 heterocycles. The van der Waals surface area contributed by atoms with Crippen LogP contribution in [0.3, 0.4) is 0 Å². The van der Waals surface area contributed by atoms with Gasteiger partial charge in [0.05, 0.1) is 6.10 Å². The molecular weight excluding hydrogens is 224 g/mol. The number of aliphatic hydroxyl groups is 1. The number of aldehydes is 1. The lowest BCUT2D eigenvalue weighted by molar-refractivity contribution is -0.104. The zero-order valence-corrected chi connectivity index (χ0v) is 11.9. The predicted octanol–water partition coefficient (Wildman–Crippen LogP) is 4.41. The van der Waals surface area contributed by atoms with Crippen LogP contribution < -0.4 is 0 Å². The summed E-state index contributed by atoms with van der Waals surface area (Å²) in [5.74, 6) is 0. The lowest BCUT2D eigenvalue weighted by Crippen LogP contribution is -2.01. The smallest absolute Gasteiger partial charge is 0.142 e. The molecular formula is C16H30O2. The monoisotopic (exact) mass is 254 g/mol. The van der Waals surface area contributed by atoms with Gasteiger partial charge in [-0.1, -0.05) is 77.2 Å². The van der Waals surface area contributed by atoms with Gasteiger partial charge in [-0.3, -0.25) is 4.79 Å². The van der Waals surface area contributed by atoms with Crippen molar-refractivity contribution in [3.8, 4) is 0 Å². The molecule has 0 aliphatic heterocycles. The van der Waals surface area contributed by atoms with Crippen LogP contribution in [0.5, 0.6) is 0 Å². The van der Waals surface area contributed by atoms with E-state index in [9.17, 15) is 9.90 Å².